The molecule has 4 aliphatic rings. The van der Waals surface area contributed by atoms with Crippen molar-refractivity contribution in [2.75, 3.05) is 23.4 Å². The molecule has 12 nitrogen and oxygen atoms in total. The number of fused-ring (bicyclic) bond motifs is 4. The number of esters is 1. The van der Waals surface area contributed by atoms with Crippen molar-refractivity contribution in [2.24, 2.45) is 5.92 Å². The van der Waals surface area contributed by atoms with E-state index in [9.17, 15) is 5.11 Å². The molecule has 6 aromatic carbocycles. The van der Waals surface area contributed by atoms with Crippen LogP contribution >= 0.6 is 11.3 Å². The molecule has 2 saturated heterocycles. The van der Waals surface area contributed by atoms with Crippen molar-refractivity contribution in [3.63, 3.8) is 0 Å². The Morgan fingerprint density at radius 2 is 1.56 bits per heavy atom. The van der Waals surface area contributed by atoms with Gasteiger partial charge >= 0.3 is 12.0 Å². The van der Waals surface area contributed by atoms with E-state index < -0.39 is 65.4 Å². The van der Waals surface area contributed by atoms with Gasteiger partial charge in [-0.25, -0.2) is 14.7 Å². The fourth-order valence-electron chi connectivity index (χ4n) is 11.2. The monoisotopic (exact) mass is 973 g/mol. The molecule has 0 radical (unpaired) electrons. The number of cyclic esters (lactones) is 1. The van der Waals surface area contributed by atoms with Gasteiger partial charge < -0.3 is 25.2 Å². The van der Waals surface area contributed by atoms with Crippen molar-refractivity contribution < 1.29 is 33.8 Å². The predicted molar refractivity (Wildman–Crippen MR) is 276 cm³/mol. The van der Waals surface area contributed by atoms with Gasteiger partial charge in [0, 0.05) is 11.1 Å². The van der Waals surface area contributed by atoms with E-state index in [-0.39, 0.29) is 24.0 Å². The lowest BCUT2D eigenvalue weighted by Gasteiger charge is -2.46. The summed E-state index contributed by atoms with van der Waals surface area (Å²) in [6, 6.07) is 43.8. The molecule has 1 spiro atoms. The summed E-state index contributed by atoms with van der Waals surface area (Å²) >= 11 is 1.27. The Hall–Kier alpha value is -7.89. The van der Waals surface area contributed by atoms with Gasteiger partial charge in [0.2, 0.25) is 11.8 Å². The van der Waals surface area contributed by atoms with Crippen LogP contribution in [0.1, 0.15) is 90.2 Å². The highest BCUT2D eigenvalue weighted by Crippen LogP contribution is 2.67. The number of morpholine rings is 1. The number of benzene rings is 6. The molecule has 2 fully saturated rings. The zero-order valence-corrected chi connectivity index (χ0v) is 40.3. The summed E-state index contributed by atoms with van der Waals surface area (Å²) in [5.74, 6) is 3.37. The number of aromatic nitrogens is 1. The second kappa shape index (κ2) is 19.7. The van der Waals surface area contributed by atoms with Crippen molar-refractivity contribution in [3.05, 3.63) is 203 Å². The van der Waals surface area contributed by atoms with Crippen LogP contribution in [0.5, 0.6) is 5.75 Å². The third-order valence-electron chi connectivity index (χ3n) is 14.3. The highest BCUT2D eigenvalue weighted by Gasteiger charge is 2.76. The molecule has 7 atom stereocenters. The molecule has 11 rings (SSSR count). The maximum Gasteiger partial charge on any atom is 0.329 e. The summed E-state index contributed by atoms with van der Waals surface area (Å²) in [4.78, 5) is 71.8. The largest absolute Gasteiger partial charge is 0.491 e. The van der Waals surface area contributed by atoms with Gasteiger partial charge in [-0.2, -0.15) is 0 Å². The minimum absolute atomic E-state index is 0.0928. The lowest BCUT2D eigenvalue weighted by atomic mass is 9.65. The van der Waals surface area contributed by atoms with E-state index >= 15 is 19.2 Å². The van der Waals surface area contributed by atoms with Crippen LogP contribution in [-0.4, -0.2) is 58.1 Å². The normalized spacial score (nSPS) is 22.8. The Balaban J connectivity index is 1.21. The summed E-state index contributed by atoms with van der Waals surface area (Å²) < 4.78 is 13.9. The fraction of sp³-hybridized carbons (Fsp3) is 0.237. The number of allylic oxidation sites excluding steroid dienone is 2. The van der Waals surface area contributed by atoms with Crippen LogP contribution < -0.4 is 20.3 Å². The number of aliphatic hydroxyl groups excluding tert-OH is 1. The van der Waals surface area contributed by atoms with Crippen LogP contribution in [0.2, 0.25) is 0 Å². The average molecular weight is 974 g/mol. The van der Waals surface area contributed by atoms with E-state index in [2.05, 4.69) is 28.6 Å². The van der Waals surface area contributed by atoms with E-state index in [1.165, 1.54) is 11.3 Å². The molecule has 72 heavy (non-hydrogen) atoms. The molecule has 1 aromatic heterocycles. The lowest BCUT2D eigenvalue weighted by molar-refractivity contribution is -0.177. The van der Waals surface area contributed by atoms with Crippen LogP contribution in [0.15, 0.2) is 169 Å². The number of nitrogens with zero attached hydrogens (tertiary/aromatic N) is 3. The Kier molecular flexibility index (Phi) is 12.7. The smallest absolute Gasteiger partial charge is 0.329 e. The number of amides is 4. The number of imide groups is 1. The minimum atomic E-state index is -2.08. The number of hydrogen-bond donors (Lipinski definition) is 3. The summed E-state index contributed by atoms with van der Waals surface area (Å²) in [5.41, 5.74) is 3.44. The molecule has 13 heteroatoms. The zero-order valence-electron chi connectivity index (χ0n) is 39.4. The number of carbonyl (C=O) groups excluding carboxylic acids is 4. The molecule has 0 saturated carbocycles. The first-order valence-electron chi connectivity index (χ1n) is 24.4. The van der Waals surface area contributed by atoms with E-state index in [1.807, 2.05) is 145 Å². The number of aliphatic hydroxyl groups is 1. The Morgan fingerprint density at radius 3 is 2.29 bits per heavy atom. The van der Waals surface area contributed by atoms with Gasteiger partial charge in [-0.15, -0.1) is 0 Å². The van der Waals surface area contributed by atoms with Gasteiger partial charge in [0.25, 0.3) is 0 Å². The molecule has 3 aliphatic heterocycles. The van der Waals surface area contributed by atoms with E-state index in [0.29, 0.717) is 33.5 Å². The van der Waals surface area contributed by atoms with Gasteiger partial charge in [0.05, 0.1) is 46.6 Å². The second-order valence-electron chi connectivity index (χ2n) is 18.5. The van der Waals surface area contributed by atoms with Gasteiger partial charge in [-0.3, -0.25) is 19.3 Å². The van der Waals surface area contributed by atoms with Crippen molar-refractivity contribution in [1.29, 1.82) is 0 Å². The topological polar surface area (TPSA) is 150 Å². The third kappa shape index (κ3) is 8.21. The van der Waals surface area contributed by atoms with Crippen LogP contribution in [-0.2, 0) is 24.5 Å². The molecule has 4 heterocycles. The van der Waals surface area contributed by atoms with Crippen LogP contribution in [0.4, 0.5) is 15.6 Å². The first-order chi connectivity index (χ1) is 35.3. The van der Waals surface area contributed by atoms with Crippen LogP contribution in [0.25, 0.3) is 10.2 Å². The number of rotatable bonds is 10. The molecule has 1 aliphatic carbocycles. The van der Waals surface area contributed by atoms with E-state index in [1.54, 1.807) is 24.3 Å². The molecule has 360 valence electrons. The highest BCUT2D eigenvalue weighted by molar-refractivity contribution is 7.22. The number of carbonyl (C=O) groups is 4. The van der Waals surface area contributed by atoms with Crippen molar-refractivity contribution in [1.82, 2.24) is 15.2 Å². The number of ether oxygens (including phenoxy) is 2. The molecular formula is C59H51N5O7S. The number of para-hydroxylation sites is 2. The average Bonchev–Trinajstić information content (AvgIpc) is 4.06. The number of urea groups is 1. The van der Waals surface area contributed by atoms with E-state index in [4.69, 9.17) is 14.5 Å². The third-order valence-corrected chi connectivity index (χ3v) is 15.3. The molecular weight excluding hydrogens is 923 g/mol. The number of thiazole rings is 1. The predicted octanol–water partition coefficient (Wildman–Crippen LogP) is 10.3. The maximum atomic E-state index is 16.9. The van der Waals surface area contributed by atoms with Gasteiger partial charge in [-0.05, 0) is 96.8 Å². The molecule has 0 bridgehead atoms. The first-order valence-corrected chi connectivity index (χ1v) is 25.2. The minimum Gasteiger partial charge on any atom is -0.491 e. The quantitative estimate of drug-likeness (QED) is 0.0899. The van der Waals surface area contributed by atoms with Crippen molar-refractivity contribution in [2.45, 2.75) is 68.3 Å². The van der Waals surface area contributed by atoms with Crippen LogP contribution in [0, 0.1) is 17.8 Å². The Morgan fingerprint density at radius 1 is 0.847 bits per heavy atom. The highest BCUT2D eigenvalue weighted by atomic mass is 32.1. The van der Waals surface area contributed by atoms with Gasteiger partial charge in [-0.1, -0.05) is 151 Å². The lowest BCUT2D eigenvalue weighted by Crippen LogP contribution is -2.55. The van der Waals surface area contributed by atoms with Crippen molar-refractivity contribution in [3.8, 4) is 17.6 Å². The molecule has 7 aromatic rings. The summed E-state index contributed by atoms with van der Waals surface area (Å²) in [5, 5.41) is 16.6. The summed E-state index contributed by atoms with van der Waals surface area (Å²) in [6.07, 6.45) is 5.12. The number of nitrogens with one attached hydrogen (secondary N) is 2. The van der Waals surface area contributed by atoms with E-state index in [0.717, 1.165) is 52.0 Å². The van der Waals surface area contributed by atoms with Gasteiger partial charge in [0.1, 0.15) is 29.9 Å². The SMILES string of the molecule is C[C@@H](NC(=O)N1C(=O)[C@@]2(c3cc(C#CC4=CCCCC4)ccc31)[C@H](C(=O)Nc1nc3ccccc3s1)[C@H]1C(=O)O[C@H](c3ccccc3)[C@H](c3ccccc3)N1[C@@H]2c1ccccc1OCCO)c1ccccc1. The molecule has 0 unspecified atom stereocenters. The summed E-state index contributed by atoms with van der Waals surface area (Å²) in [7, 11) is 0. The molecule has 4 amide bonds. The number of hydrogen-bond acceptors (Lipinski definition) is 10. The Labute approximate surface area is 421 Å². The van der Waals surface area contributed by atoms with Crippen LogP contribution in [0.3, 0.4) is 0 Å². The summed E-state index contributed by atoms with van der Waals surface area (Å²) in [6.45, 7) is 1.44. The fourth-order valence-corrected chi connectivity index (χ4v) is 12.1. The number of anilines is 2. The maximum absolute atomic E-state index is 16.9. The van der Waals surface area contributed by atoms with Gasteiger partial charge in [0.15, 0.2) is 5.13 Å². The standard InChI is InChI=1S/C59H51N5O7S/c1-37(40-20-8-3-9-21-40)60-58(69)63-46-33-32-39(31-30-38-18-6-2-7-19-38)36-44(46)59(56(63)68)49(54(66)62-57-61-45-27-15-17-29-48(45)72-57)51-55(67)71-52(42-24-12-5-13-25-42)50(41-22-10-4-11-23-41)64(51)53(59)43-26-14-16-28-47(43)70-35-34-65/h3-5,8-18,20-29,32-33,36-37,49-53,65H,2,6-7,19,34-35H2,1H3,(H,60,69)(H,61,62,66)/t37-,49+,50+,51+,52-,53-,59+/m1/s1. The second-order valence-corrected chi connectivity index (χ2v) is 19.6. The first kappa shape index (κ1) is 46.5. The van der Waals surface area contributed by atoms with Crippen molar-refractivity contribution >= 4 is 56.2 Å². The zero-order chi connectivity index (χ0) is 49.3. The Bertz CT molecular complexity index is 3270. The molecule has 3 N–H and O–H groups in total.